The second kappa shape index (κ2) is 17.2. The Morgan fingerprint density at radius 3 is 1.81 bits per heavy atom. The summed E-state index contributed by atoms with van der Waals surface area (Å²) in [6.07, 6.45) is -4.91. The molecule has 4 rings (SSSR count). The highest BCUT2D eigenvalue weighted by Crippen LogP contribution is 2.29. The minimum atomic E-state index is -1.81. The fourth-order valence-corrected chi connectivity index (χ4v) is 4.59. The molecule has 0 saturated carbocycles. The van der Waals surface area contributed by atoms with E-state index in [2.05, 4.69) is 5.32 Å². The van der Waals surface area contributed by atoms with Crippen LogP contribution in [0.3, 0.4) is 0 Å². The van der Waals surface area contributed by atoms with E-state index in [1.165, 1.54) is 0 Å². The van der Waals surface area contributed by atoms with Crippen LogP contribution in [0.15, 0.2) is 91.0 Å². The molecule has 1 aliphatic rings. The topological polar surface area (TPSA) is 105 Å². The van der Waals surface area contributed by atoms with Crippen LogP contribution in [0.5, 0.6) is 0 Å². The molecule has 0 aliphatic carbocycles. The number of aliphatic hydroxyl groups excluding tert-OH is 1. The summed E-state index contributed by atoms with van der Waals surface area (Å²) in [7, 11) is 0. The molecule has 1 saturated heterocycles. The van der Waals surface area contributed by atoms with Crippen molar-refractivity contribution in [1.29, 1.82) is 0 Å². The third kappa shape index (κ3) is 11.5. The molecule has 1 unspecified atom stereocenters. The van der Waals surface area contributed by atoms with Crippen molar-refractivity contribution < 1.29 is 38.3 Å². The Morgan fingerprint density at radius 2 is 1.28 bits per heavy atom. The largest absolute Gasteiger partial charge is 0.445 e. The summed E-state index contributed by atoms with van der Waals surface area (Å²) in [5, 5.41) is 13.6. The maximum atomic E-state index is 12.6. The first-order valence-corrected chi connectivity index (χ1v) is 14.8. The van der Waals surface area contributed by atoms with Crippen molar-refractivity contribution in [3.63, 3.8) is 0 Å². The van der Waals surface area contributed by atoms with Gasteiger partial charge in [-0.05, 0) is 16.7 Å². The van der Waals surface area contributed by atoms with Crippen molar-refractivity contribution in [3.05, 3.63) is 108 Å². The van der Waals surface area contributed by atoms with Crippen molar-refractivity contribution in [1.82, 2.24) is 5.32 Å². The van der Waals surface area contributed by atoms with Gasteiger partial charge in [-0.3, -0.25) is 0 Å². The molecule has 5 atom stereocenters. The summed E-state index contributed by atoms with van der Waals surface area (Å²) in [6.45, 7) is 0.238. The second-order valence-electron chi connectivity index (χ2n) is 9.77. The molecule has 1 amide bonds. The standard InChI is InChI=1S/C31H34Cl3NO8/c32-31(33,34)20-42-30(37)35-26-28(41-18-24-14-8-3-9-15-24)27(40-17-23-12-6-2-7-13-23)25(43-29(26)36)19-39-21-38-16-22-10-4-1-5-11-22/h1-15,25-29,36H,16-21H2,(H,35,37)/t25-,26-,27-,28-,29?/m1/s1. The smallest absolute Gasteiger partial charge is 0.407 e. The van der Waals surface area contributed by atoms with Crippen molar-refractivity contribution in [2.75, 3.05) is 20.0 Å². The highest BCUT2D eigenvalue weighted by molar-refractivity contribution is 6.67. The summed E-state index contributed by atoms with van der Waals surface area (Å²) in [5.41, 5.74) is 2.79. The Balaban J connectivity index is 1.49. The number of ether oxygens (including phenoxy) is 6. The number of aliphatic hydroxyl groups is 1. The van der Waals surface area contributed by atoms with Crippen LogP contribution < -0.4 is 5.32 Å². The van der Waals surface area contributed by atoms with E-state index in [4.69, 9.17) is 63.2 Å². The zero-order chi connectivity index (χ0) is 30.5. The predicted octanol–water partition coefficient (Wildman–Crippen LogP) is 5.53. The van der Waals surface area contributed by atoms with Crippen molar-refractivity contribution in [2.45, 2.75) is 54.3 Å². The number of carbonyl (C=O) groups is 1. The molecule has 1 aliphatic heterocycles. The number of alkyl carbamates (subject to hydrolysis) is 1. The number of rotatable bonds is 14. The summed E-state index contributed by atoms with van der Waals surface area (Å²) in [6, 6.07) is 27.6. The number of amides is 1. The van der Waals surface area contributed by atoms with E-state index in [1.807, 2.05) is 91.0 Å². The monoisotopic (exact) mass is 653 g/mol. The van der Waals surface area contributed by atoms with Crippen LogP contribution in [0.25, 0.3) is 0 Å². The quantitative estimate of drug-likeness (QED) is 0.133. The van der Waals surface area contributed by atoms with Gasteiger partial charge < -0.3 is 38.8 Å². The van der Waals surface area contributed by atoms with E-state index in [9.17, 15) is 9.90 Å². The lowest BCUT2D eigenvalue weighted by Crippen LogP contribution is -2.65. The number of benzene rings is 3. The van der Waals surface area contributed by atoms with Gasteiger partial charge in [0.25, 0.3) is 0 Å². The minimum Gasteiger partial charge on any atom is -0.445 e. The lowest BCUT2D eigenvalue weighted by Gasteiger charge is -2.44. The van der Waals surface area contributed by atoms with Gasteiger partial charge in [0.05, 0.1) is 26.4 Å². The highest BCUT2D eigenvalue weighted by atomic mass is 35.6. The molecule has 2 N–H and O–H groups in total. The molecule has 232 valence electrons. The Labute approximate surface area is 265 Å². The Bertz CT molecular complexity index is 1220. The van der Waals surface area contributed by atoms with Crippen LogP contribution in [0.1, 0.15) is 16.7 Å². The maximum absolute atomic E-state index is 12.6. The van der Waals surface area contributed by atoms with E-state index in [0.717, 1.165) is 16.7 Å². The highest BCUT2D eigenvalue weighted by Gasteiger charge is 2.48. The van der Waals surface area contributed by atoms with Crippen LogP contribution in [0.4, 0.5) is 4.79 Å². The van der Waals surface area contributed by atoms with Crippen molar-refractivity contribution >= 4 is 40.9 Å². The molecular formula is C31H34Cl3NO8. The summed E-state index contributed by atoms with van der Waals surface area (Å²) < 4.78 is 33.2. The predicted molar refractivity (Wildman–Crippen MR) is 162 cm³/mol. The van der Waals surface area contributed by atoms with Gasteiger partial charge in [-0.1, -0.05) is 126 Å². The fourth-order valence-electron chi connectivity index (χ4n) is 4.42. The van der Waals surface area contributed by atoms with Gasteiger partial charge >= 0.3 is 6.09 Å². The zero-order valence-electron chi connectivity index (χ0n) is 23.2. The summed E-state index contributed by atoms with van der Waals surface area (Å²) in [4.78, 5) is 12.6. The first-order valence-electron chi connectivity index (χ1n) is 13.6. The molecule has 0 bridgehead atoms. The van der Waals surface area contributed by atoms with Crippen LogP contribution in [0, 0.1) is 0 Å². The molecule has 0 radical (unpaired) electrons. The fraction of sp³-hybridized carbons (Fsp3) is 0.387. The first-order chi connectivity index (χ1) is 20.8. The molecule has 0 spiro atoms. The number of nitrogens with one attached hydrogen (secondary N) is 1. The summed E-state index contributed by atoms with van der Waals surface area (Å²) in [5.74, 6) is 0. The summed E-state index contributed by atoms with van der Waals surface area (Å²) >= 11 is 17.2. The van der Waals surface area contributed by atoms with Gasteiger partial charge in [-0.25, -0.2) is 4.79 Å². The average Bonchev–Trinajstić information content (AvgIpc) is 3.01. The van der Waals surface area contributed by atoms with Crippen LogP contribution in [-0.2, 0) is 48.2 Å². The van der Waals surface area contributed by atoms with Gasteiger partial charge in [0.1, 0.15) is 37.8 Å². The molecule has 1 fully saturated rings. The molecule has 43 heavy (non-hydrogen) atoms. The number of carbonyl (C=O) groups excluding carboxylic acids is 1. The van der Waals surface area contributed by atoms with E-state index in [1.54, 1.807) is 0 Å². The second-order valence-corrected chi connectivity index (χ2v) is 12.3. The third-order valence-electron chi connectivity index (χ3n) is 6.45. The molecular weight excluding hydrogens is 621 g/mol. The minimum absolute atomic E-state index is 0.0148. The average molecular weight is 655 g/mol. The number of alkyl halides is 3. The van der Waals surface area contributed by atoms with E-state index < -0.39 is 47.1 Å². The van der Waals surface area contributed by atoms with Crippen LogP contribution in [0.2, 0.25) is 0 Å². The Morgan fingerprint density at radius 1 is 0.767 bits per heavy atom. The molecule has 12 heteroatoms. The Hall–Kier alpha value is -2.44. The zero-order valence-corrected chi connectivity index (χ0v) is 25.5. The molecule has 1 heterocycles. The first kappa shape index (κ1) is 33.5. The number of halogens is 3. The van der Waals surface area contributed by atoms with Gasteiger partial charge in [0.15, 0.2) is 6.29 Å². The van der Waals surface area contributed by atoms with Crippen molar-refractivity contribution in [3.8, 4) is 0 Å². The number of hydrogen-bond acceptors (Lipinski definition) is 8. The van der Waals surface area contributed by atoms with E-state index in [0.29, 0.717) is 6.61 Å². The molecule has 3 aromatic carbocycles. The van der Waals surface area contributed by atoms with Crippen LogP contribution >= 0.6 is 34.8 Å². The van der Waals surface area contributed by atoms with Gasteiger partial charge in [-0.15, -0.1) is 0 Å². The number of hydrogen-bond donors (Lipinski definition) is 2. The Kier molecular flexibility index (Phi) is 13.3. The lowest BCUT2D eigenvalue weighted by molar-refractivity contribution is -0.280. The SMILES string of the molecule is O=C(N[C@H]1C(O)O[C@H](COCOCc2ccccc2)[C@@H](OCc2ccccc2)[C@@H]1OCc1ccccc1)OCC(Cl)(Cl)Cl. The normalized spacial score (nSPS) is 22.2. The molecule has 3 aromatic rings. The lowest BCUT2D eigenvalue weighted by atomic mass is 9.96. The van der Waals surface area contributed by atoms with Crippen molar-refractivity contribution in [2.24, 2.45) is 0 Å². The van der Waals surface area contributed by atoms with Gasteiger partial charge in [0, 0.05) is 0 Å². The third-order valence-corrected chi connectivity index (χ3v) is 6.78. The van der Waals surface area contributed by atoms with E-state index >= 15 is 0 Å². The van der Waals surface area contributed by atoms with Gasteiger partial charge in [-0.2, -0.15) is 0 Å². The maximum Gasteiger partial charge on any atom is 0.407 e. The van der Waals surface area contributed by atoms with E-state index in [-0.39, 0.29) is 26.6 Å². The van der Waals surface area contributed by atoms with Crippen LogP contribution in [-0.4, -0.2) is 65.6 Å². The molecule has 0 aromatic heterocycles. The van der Waals surface area contributed by atoms with Gasteiger partial charge in [0.2, 0.25) is 3.79 Å². The molecule has 9 nitrogen and oxygen atoms in total.